The van der Waals surface area contributed by atoms with Crippen molar-refractivity contribution in [2.45, 2.75) is 64.8 Å². The van der Waals surface area contributed by atoms with Crippen LogP contribution in [0, 0.1) is 31.6 Å². The average molecular weight is 285 g/mol. The van der Waals surface area contributed by atoms with Crippen LogP contribution in [-0.4, -0.2) is 7.05 Å². The van der Waals surface area contributed by atoms with Crippen LogP contribution in [0.3, 0.4) is 0 Å². The Kier molecular flexibility index (Phi) is 4.69. The highest BCUT2D eigenvalue weighted by Gasteiger charge is 2.35. The molecule has 1 N–H and O–H groups in total. The van der Waals surface area contributed by atoms with E-state index < -0.39 is 0 Å². The maximum Gasteiger partial charge on any atom is 0.0348 e. The van der Waals surface area contributed by atoms with E-state index in [4.69, 9.17) is 0 Å². The second-order valence-corrected chi connectivity index (χ2v) is 7.50. The Labute approximate surface area is 130 Å². The molecule has 0 aliphatic heterocycles. The van der Waals surface area contributed by atoms with Crippen molar-refractivity contribution in [2.75, 3.05) is 7.05 Å². The van der Waals surface area contributed by atoms with E-state index in [1.165, 1.54) is 61.6 Å². The molecule has 1 heteroatoms. The fourth-order valence-corrected chi connectivity index (χ4v) is 5.03. The van der Waals surface area contributed by atoms with Gasteiger partial charge in [-0.3, -0.25) is 0 Å². The first-order valence-electron chi connectivity index (χ1n) is 8.93. The molecule has 0 saturated heterocycles. The van der Waals surface area contributed by atoms with Crippen LogP contribution in [-0.2, 0) is 0 Å². The molecule has 3 rings (SSSR count). The minimum atomic E-state index is 0.550. The summed E-state index contributed by atoms with van der Waals surface area (Å²) in [7, 11) is 2.15. The zero-order valence-corrected chi connectivity index (χ0v) is 14.0. The smallest absolute Gasteiger partial charge is 0.0348 e. The number of benzene rings is 1. The van der Waals surface area contributed by atoms with Gasteiger partial charge in [0, 0.05) is 6.04 Å². The van der Waals surface area contributed by atoms with Gasteiger partial charge in [0.2, 0.25) is 0 Å². The molecule has 1 aromatic carbocycles. The summed E-state index contributed by atoms with van der Waals surface area (Å²) in [5, 5.41) is 3.64. The zero-order chi connectivity index (χ0) is 14.8. The van der Waals surface area contributed by atoms with Gasteiger partial charge < -0.3 is 5.32 Å². The first-order valence-corrected chi connectivity index (χ1v) is 8.93. The number of hydrogen-bond donors (Lipinski definition) is 1. The summed E-state index contributed by atoms with van der Waals surface area (Å²) in [6.45, 7) is 4.47. The van der Waals surface area contributed by atoms with Gasteiger partial charge >= 0.3 is 0 Å². The van der Waals surface area contributed by atoms with Gasteiger partial charge in [-0.1, -0.05) is 49.4 Å². The van der Waals surface area contributed by atoms with Gasteiger partial charge in [-0.2, -0.15) is 0 Å². The molecule has 0 amide bonds. The van der Waals surface area contributed by atoms with E-state index in [1.807, 2.05) is 0 Å². The van der Waals surface area contributed by atoms with Crippen LogP contribution >= 0.6 is 0 Å². The van der Waals surface area contributed by atoms with E-state index in [2.05, 4.69) is 44.4 Å². The third-order valence-electron chi connectivity index (χ3n) is 6.12. The summed E-state index contributed by atoms with van der Waals surface area (Å²) in [6, 6.07) is 7.53. The molecule has 0 heterocycles. The lowest BCUT2D eigenvalue weighted by atomic mass is 9.65. The van der Waals surface area contributed by atoms with Crippen molar-refractivity contribution in [2.24, 2.45) is 17.8 Å². The Morgan fingerprint density at radius 3 is 2.48 bits per heavy atom. The standard InChI is InChI=1S/C20H31N/c1-14-8-11-19(15(2)12-14)20(21-3)18-10-9-16-6-4-5-7-17(16)13-18/h8,11-12,16-18,20-21H,4-7,9-10,13H2,1-3H3. The molecule has 21 heavy (non-hydrogen) atoms. The van der Waals surface area contributed by atoms with Gasteiger partial charge in [-0.05, 0) is 69.0 Å². The Morgan fingerprint density at radius 2 is 1.76 bits per heavy atom. The largest absolute Gasteiger partial charge is 0.313 e. The molecule has 0 bridgehead atoms. The summed E-state index contributed by atoms with van der Waals surface area (Å²) in [4.78, 5) is 0. The molecule has 2 aliphatic carbocycles. The fraction of sp³-hybridized carbons (Fsp3) is 0.700. The highest BCUT2D eigenvalue weighted by Crippen LogP contribution is 2.46. The Morgan fingerprint density at radius 1 is 1.00 bits per heavy atom. The maximum atomic E-state index is 3.64. The van der Waals surface area contributed by atoms with Crippen molar-refractivity contribution in [1.82, 2.24) is 5.32 Å². The van der Waals surface area contributed by atoms with Crippen LogP contribution in [0.15, 0.2) is 18.2 Å². The van der Waals surface area contributed by atoms with E-state index in [1.54, 1.807) is 0 Å². The summed E-state index contributed by atoms with van der Waals surface area (Å²) in [6.07, 6.45) is 10.3. The average Bonchev–Trinajstić information content (AvgIpc) is 2.50. The summed E-state index contributed by atoms with van der Waals surface area (Å²) in [5.41, 5.74) is 4.37. The number of aryl methyl sites for hydroxylation is 2. The molecule has 2 aliphatic rings. The van der Waals surface area contributed by atoms with Gasteiger partial charge in [0.05, 0.1) is 0 Å². The van der Waals surface area contributed by atoms with Gasteiger partial charge in [-0.15, -0.1) is 0 Å². The molecule has 116 valence electrons. The monoisotopic (exact) mass is 285 g/mol. The summed E-state index contributed by atoms with van der Waals surface area (Å²) < 4.78 is 0. The first-order chi connectivity index (χ1) is 10.2. The van der Waals surface area contributed by atoms with Crippen LogP contribution < -0.4 is 5.32 Å². The minimum absolute atomic E-state index is 0.550. The van der Waals surface area contributed by atoms with Crippen molar-refractivity contribution in [1.29, 1.82) is 0 Å². The first kappa shape index (κ1) is 15.1. The minimum Gasteiger partial charge on any atom is -0.313 e. The van der Waals surface area contributed by atoms with E-state index in [0.717, 1.165) is 17.8 Å². The molecular formula is C20H31N. The van der Waals surface area contributed by atoms with Gasteiger partial charge in [-0.25, -0.2) is 0 Å². The van der Waals surface area contributed by atoms with E-state index in [9.17, 15) is 0 Å². The van der Waals surface area contributed by atoms with Gasteiger partial charge in [0.1, 0.15) is 0 Å². The van der Waals surface area contributed by atoms with Gasteiger partial charge in [0.15, 0.2) is 0 Å². The van der Waals surface area contributed by atoms with Crippen molar-refractivity contribution in [3.05, 3.63) is 34.9 Å². The third-order valence-corrected chi connectivity index (χ3v) is 6.12. The molecular weight excluding hydrogens is 254 g/mol. The van der Waals surface area contributed by atoms with Crippen LogP contribution in [0.5, 0.6) is 0 Å². The van der Waals surface area contributed by atoms with Crippen molar-refractivity contribution in [3.63, 3.8) is 0 Å². The SMILES string of the molecule is CNC(c1ccc(C)cc1C)C1CCC2CCCCC2C1. The molecule has 1 nitrogen and oxygen atoms in total. The van der Waals surface area contributed by atoms with Crippen LogP contribution in [0.25, 0.3) is 0 Å². The lowest BCUT2D eigenvalue weighted by Crippen LogP contribution is -2.34. The number of hydrogen-bond acceptors (Lipinski definition) is 1. The van der Waals surface area contributed by atoms with Crippen LogP contribution in [0.4, 0.5) is 0 Å². The zero-order valence-electron chi connectivity index (χ0n) is 14.0. The maximum absolute atomic E-state index is 3.64. The molecule has 2 saturated carbocycles. The quantitative estimate of drug-likeness (QED) is 0.808. The predicted octanol–water partition coefficient (Wildman–Crippen LogP) is 5.17. The molecule has 0 radical (unpaired) electrons. The highest BCUT2D eigenvalue weighted by molar-refractivity contribution is 5.33. The normalized spacial score (nSPS) is 30.7. The number of fused-ring (bicyclic) bond motifs is 1. The number of nitrogens with one attached hydrogen (secondary N) is 1. The predicted molar refractivity (Wildman–Crippen MR) is 90.5 cm³/mol. The van der Waals surface area contributed by atoms with E-state index >= 15 is 0 Å². The molecule has 2 fully saturated rings. The molecule has 4 atom stereocenters. The lowest BCUT2D eigenvalue weighted by molar-refractivity contribution is 0.111. The fourth-order valence-electron chi connectivity index (χ4n) is 5.03. The number of rotatable bonds is 3. The molecule has 1 aromatic rings. The van der Waals surface area contributed by atoms with Crippen LogP contribution in [0.2, 0.25) is 0 Å². The van der Waals surface area contributed by atoms with Crippen molar-refractivity contribution >= 4 is 0 Å². The summed E-state index contributed by atoms with van der Waals surface area (Å²) >= 11 is 0. The molecule has 0 spiro atoms. The summed E-state index contributed by atoms with van der Waals surface area (Å²) in [5.74, 6) is 2.89. The molecule has 4 unspecified atom stereocenters. The lowest BCUT2D eigenvalue weighted by Gasteiger charge is -2.42. The topological polar surface area (TPSA) is 12.0 Å². The second-order valence-electron chi connectivity index (χ2n) is 7.50. The van der Waals surface area contributed by atoms with Crippen LogP contribution in [0.1, 0.15) is 67.7 Å². The highest BCUT2D eigenvalue weighted by atomic mass is 14.9. The molecule has 0 aromatic heterocycles. The van der Waals surface area contributed by atoms with Crippen molar-refractivity contribution < 1.29 is 0 Å². The Bertz CT molecular complexity index is 479. The van der Waals surface area contributed by atoms with E-state index in [-0.39, 0.29) is 0 Å². The second kappa shape index (κ2) is 6.52. The van der Waals surface area contributed by atoms with Gasteiger partial charge in [0.25, 0.3) is 0 Å². The van der Waals surface area contributed by atoms with Crippen molar-refractivity contribution in [3.8, 4) is 0 Å². The third kappa shape index (κ3) is 3.18. The Hall–Kier alpha value is -0.820. The Balaban J connectivity index is 1.77. The van der Waals surface area contributed by atoms with E-state index in [0.29, 0.717) is 6.04 Å².